The summed E-state index contributed by atoms with van der Waals surface area (Å²) in [5, 5.41) is 0. The van der Waals surface area contributed by atoms with Crippen LogP contribution in [0.3, 0.4) is 0 Å². The smallest absolute Gasteiger partial charge is 0.256 e. The zero-order valence-corrected chi connectivity index (χ0v) is 21.6. The van der Waals surface area contributed by atoms with Crippen LogP contribution in [0, 0.1) is 28.9 Å². The summed E-state index contributed by atoms with van der Waals surface area (Å²) in [7, 11) is 0. The standard InChI is InChI=1S/C30H35F2N3O2/c1-30(2)23-10-7-22(26(30)19-23)20-35(28(36)21-8-11-24(31)12-9-21)18-15-33-13-16-34(17-14-33)29(37)25-5-3-4-6-27(25)32/h3-9,11-12,23,26H,10,13-20H2,1-2H3. The number of piperazine rings is 1. The largest absolute Gasteiger partial charge is 0.336 e. The van der Waals surface area contributed by atoms with Crippen molar-refractivity contribution in [1.82, 2.24) is 14.7 Å². The minimum absolute atomic E-state index is 0.0893. The van der Waals surface area contributed by atoms with Crippen LogP contribution in [0.1, 0.15) is 47.4 Å². The highest BCUT2D eigenvalue weighted by Crippen LogP contribution is 2.59. The van der Waals surface area contributed by atoms with Crippen LogP contribution in [0.5, 0.6) is 0 Å². The molecule has 0 aromatic heterocycles. The average Bonchev–Trinajstić information content (AvgIpc) is 2.91. The van der Waals surface area contributed by atoms with Crippen molar-refractivity contribution >= 4 is 11.8 Å². The number of hydrogen-bond donors (Lipinski definition) is 0. The van der Waals surface area contributed by atoms with Crippen LogP contribution in [-0.4, -0.2) is 72.3 Å². The lowest BCUT2D eigenvalue weighted by Gasteiger charge is -2.57. The molecule has 1 saturated carbocycles. The van der Waals surface area contributed by atoms with Crippen molar-refractivity contribution in [3.63, 3.8) is 0 Å². The molecule has 1 heterocycles. The summed E-state index contributed by atoms with van der Waals surface area (Å²) in [6, 6.07) is 11.8. The third kappa shape index (κ3) is 5.19. The predicted molar refractivity (Wildman–Crippen MR) is 139 cm³/mol. The van der Waals surface area contributed by atoms with Crippen molar-refractivity contribution in [2.45, 2.75) is 26.7 Å². The van der Waals surface area contributed by atoms with Gasteiger partial charge in [0.25, 0.3) is 11.8 Å². The Hall–Kier alpha value is -3.06. The van der Waals surface area contributed by atoms with Gasteiger partial charge in [-0.2, -0.15) is 0 Å². The molecule has 37 heavy (non-hydrogen) atoms. The molecule has 6 rings (SSSR count). The first-order valence-corrected chi connectivity index (χ1v) is 13.2. The van der Waals surface area contributed by atoms with Gasteiger partial charge in [0.15, 0.2) is 0 Å². The molecule has 2 unspecified atom stereocenters. The molecule has 4 aliphatic rings. The SMILES string of the molecule is CC1(C)C2CC=C(CN(CCN3CCN(C(=O)c4ccccc4F)CC3)C(=O)c3ccc(F)cc3)C1C2. The minimum atomic E-state index is -0.497. The van der Waals surface area contributed by atoms with Gasteiger partial charge in [-0.25, -0.2) is 8.78 Å². The van der Waals surface area contributed by atoms with Gasteiger partial charge in [-0.1, -0.05) is 37.6 Å². The predicted octanol–water partition coefficient (Wildman–Crippen LogP) is 4.86. The molecule has 0 radical (unpaired) electrons. The van der Waals surface area contributed by atoms with Crippen LogP contribution in [0.15, 0.2) is 60.2 Å². The molecule has 0 N–H and O–H groups in total. The van der Waals surface area contributed by atoms with Gasteiger partial charge in [-0.3, -0.25) is 14.5 Å². The van der Waals surface area contributed by atoms with Gasteiger partial charge < -0.3 is 9.80 Å². The molecule has 196 valence electrons. The molecule has 0 spiro atoms. The van der Waals surface area contributed by atoms with Crippen LogP contribution in [-0.2, 0) is 0 Å². The Kier molecular flexibility index (Phi) is 7.17. The van der Waals surface area contributed by atoms with E-state index >= 15 is 0 Å². The highest BCUT2D eigenvalue weighted by molar-refractivity contribution is 5.95. The molecule has 7 heteroatoms. The maximum atomic E-state index is 14.1. The van der Waals surface area contributed by atoms with Gasteiger partial charge >= 0.3 is 0 Å². The Balaban J connectivity index is 1.22. The van der Waals surface area contributed by atoms with Gasteiger partial charge in [-0.05, 0) is 66.5 Å². The molecule has 5 nitrogen and oxygen atoms in total. The van der Waals surface area contributed by atoms with Crippen molar-refractivity contribution in [1.29, 1.82) is 0 Å². The van der Waals surface area contributed by atoms with Gasteiger partial charge in [0, 0.05) is 51.4 Å². The summed E-state index contributed by atoms with van der Waals surface area (Å²) >= 11 is 0. The zero-order chi connectivity index (χ0) is 26.2. The lowest BCUT2D eigenvalue weighted by atomic mass is 9.49. The Morgan fingerprint density at radius 2 is 1.70 bits per heavy atom. The average molecular weight is 508 g/mol. The van der Waals surface area contributed by atoms with E-state index < -0.39 is 5.82 Å². The summed E-state index contributed by atoms with van der Waals surface area (Å²) in [5.74, 6) is 0.00427. The lowest BCUT2D eigenvalue weighted by Crippen LogP contribution is -2.52. The van der Waals surface area contributed by atoms with Crippen LogP contribution in [0.2, 0.25) is 0 Å². The maximum Gasteiger partial charge on any atom is 0.256 e. The normalized spacial score (nSPS) is 22.7. The third-order valence-electron chi connectivity index (χ3n) is 8.78. The Labute approximate surface area is 217 Å². The number of carbonyl (C=O) groups excluding carboxylic acids is 2. The second-order valence-electron chi connectivity index (χ2n) is 11.2. The van der Waals surface area contributed by atoms with E-state index in [1.54, 1.807) is 29.2 Å². The summed E-state index contributed by atoms with van der Waals surface area (Å²) in [4.78, 5) is 32.1. The monoisotopic (exact) mass is 507 g/mol. The van der Waals surface area contributed by atoms with E-state index in [2.05, 4.69) is 24.8 Å². The minimum Gasteiger partial charge on any atom is -0.336 e. The molecular formula is C30H35F2N3O2. The maximum absolute atomic E-state index is 14.1. The van der Waals surface area contributed by atoms with E-state index in [0.717, 1.165) is 12.3 Å². The Morgan fingerprint density at radius 3 is 2.35 bits per heavy atom. The fourth-order valence-corrected chi connectivity index (χ4v) is 6.15. The molecule has 2 atom stereocenters. The molecule has 2 aromatic rings. The third-order valence-corrected chi connectivity index (χ3v) is 8.78. The number of carbonyl (C=O) groups is 2. The Bertz CT molecular complexity index is 1190. The summed E-state index contributed by atoms with van der Waals surface area (Å²) in [6.45, 7) is 8.83. The second kappa shape index (κ2) is 10.4. The number of amides is 2. The molecular weight excluding hydrogens is 472 g/mol. The number of halogens is 2. The van der Waals surface area contributed by atoms with E-state index in [4.69, 9.17) is 0 Å². The number of fused-ring (bicyclic) bond motifs is 1. The lowest BCUT2D eigenvalue weighted by molar-refractivity contribution is -0.0105. The van der Waals surface area contributed by atoms with E-state index in [0.29, 0.717) is 57.3 Å². The molecule has 3 aliphatic carbocycles. The molecule has 2 bridgehead atoms. The van der Waals surface area contributed by atoms with E-state index in [1.807, 2.05) is 4.90 Å². The van der Waals surface area contributed by atoms with E-state index in [9.17, 15) is 18.4 Å². The highest BCUT2D eigenvalue weighted by atomic mass is 19.1. The molecule has 1 aliphatic heterocycles. The zero-order valence-electron chi connectivity index (χ0n) is 21.6. The van der Waals surface area contributed by atoms with Crippen molar-refractivity contribution in [2.24, 2.45) is 17.3 Å². The van der Waals surface area contributed by atoms with E-state index in [-0.39, 0.29) is 28.6 Å². The number of rotatable bonds is 7. The number of allylic oxidation sites excluding steroid dienone is 1. The molecule has 2 aromatic carbocycles. The van der Waals surface area contributed by atoms with Crippen LogP contribution in [0.25, 0.3) is 0 Å². The fourth-order valence-electron chi connectivity index (χ4n) is 6.15. The van der Waals surface area contributed by atoms with Crippen LogP contribution in [0.4, 0.5) is 8.78 Å². The first kappa shape index (κ1) is 25.6. The summed E-state index contributed by atoms with van der Waals surface area (Å²) in [6.07, 6.45) is 4.58. The van der Waals surface area contributed by atoms with Gasteiger partial charge in [0.1, 0.15) is 11.6 Å². The number of nitrogens with zero attached hydrogens (tertiary/aromatic N) is 3. The second-order valence-corrected chi connectivity index (χ2v) is 11.2. The summed E-state index contributed by atoms with van der Waals surface area (Å²) in [5.41, 5.74) is 2.21. The highest BCUT2D eigenvalue weighted by Gasteiger charge is 2.51. The number of benzene rings is 2. The van der Waals surface area contributed by atoms with Crippen molar-refractivity contribution in [3.05, 3.63) is 82.9 Å². The molecule has 1 saturated heterocycles. The quantitative estimate of drug-likeness (QED) is 0.503. The van der Waals surface area contributed by atoms with Crippen molar-refractivity contribution in [2.75, 3.05) is 45.8 Å². The topological polar surface area (TPSA) is 43.9 Å². The van der Waals surface area contributed by atoms with Gasteiger partial charge in [-0.15, -0.1) is 0 Å². The van der Waals surface area contributed by atoms with Gasteiger partial charge in [0.2, 0.25) is 0 Å². The fraction of sp³-hybridized carbons (Fsp3) is 0.467. The first-order chi connectivity index (χ1) is 17.7. The van der Waals surface area contributed by atoms with Crippen molar-refractivity contribution < 1.29 is 18.4 Å². The molecule has 2 fully saturated rings. The van der Waals surface area contributed by atoms with Crippen LogP contribution < -0.4 is 0 Å². The molecule has 2 amide bonds. The Morgan fingerprint density at radius 1 is 1.00 bits per heavy atom. The first-order valence-electron chi connectivity index (χ1n) is 13.2. The van der Waals surface area contributed by atoms with Crippen molar-refractivity contribution in [3.8, 4) is 0 Å². The van der Waals surface area contributed by atoms with E-state index in [1.165, 1.54) is 36.3 Å². The van der Waals surface area contributed by atoms with Gasteiger partial charge in [0.05, 0.1) is 5.56 Å². The number of hydrogen-bond acceptors (Lipinski definition) is 3. The van der Waals surface area contributed by atoms with Crippen LogP contribution >= 0.6 is 0 Å². The summed E-state index contributed by atoms with van der Waals surface area (Å²) < 4.78 is 27.6.